The van der Waals surface area contributed by atoms with E-state index in [1.165, 1.54) is 12.1 Å². The van der Waals surface area contributed by atoms with E-state index in [9.17, 15) is 19.5 Å². The number of aromatic nitrogens is 1. The van der Waals surface area contributed by atoms with Crippen LogP contribution in [0.3, 0.4) is 0 Å². The highest BCUT2D eigenvalue weighted by atomic mass is 35.5. The number of nitrogens with zero attached hydrogens (tertiary/aromatic N) is 2. The number of amides is 2. The van der Waals surface area contributed by atoms with E-state index in [2.05, 4.69) is 10.3 Å². The van der Waals surface area contributed by atoms with E-state index in [1.54, 1.807) is 24.4 Å². The normalized spacial score (nSPS) is 26.1. The molecule has 3 heterocycles. The molecule has 2 aliphatic rings. The maximum Gasteiger partial charge on any atom is 0.321 e. The van der Waals surface area contributed by atoms with Gasteiger partial charge in [-0.25, -0.2) is 0 Å². The molecule has 2 saturated heterocycles. The largest absolute Gasteiger partial charge is 0.480 e. The molecule has 29 heavy (non-hydrogen) atoms. The fourth-order valence-corrected chi connectivity index (χ4v) is 4.73. The lowest BCUT2D eigenvalue weighted by molar-refractivity contribution is -0.146. The third-order valence-electron chi connectivity index (χ3n) is 5.24. The Kier molecular flexibility index (Phi) is 5.25. The van der Waals surface area contributed by atoms with Crippen molar-refractivity contribution < 1.29 is 19.5 Å². The van der Waals surface area contributed by atoms with Crippen LogP contribution in [0.1, 0.15) is 17.3 Å². The van der Waals surface area contributed by atoms with Crippen LogP contribution in [-0.4, -0.2) is 38.8 Å². The van der Waals surface area contributed by atoms with Crippen LogP contribution in [0.25, 0.3) is 0 Å². The van der Waals surface area contributed by atoms with Gasteiger partial charge in [0.1, 0.15) is 6.04 Å². The van der Waals surface area contributed by atoms with Gasteiger partial charge in [0.05, 0.1) is 34.1 Å². The summed E-state index contributed by atoms with van der Waals surface area (Å²) in [6.07, 6.45) is 1.55. The van der Waals surface area contributed by atoms with Gasteiger partial charge in [0.25, 0.3) is 0 Å². The number of pyridine rings is 1. The van der Waals surface area contributed by atoms with Crippen LogP contribution in [0.15, 0.2) is 36.5 Å². The minimum Gasteiger partial charge on any atom is -0.480 e. The predicted octanol–water partition coefficient (Wildman–Crippen LogP) is 2.94. The van der Waals surface area contributed by atoms with Crippen molar-refractivity contribution in [3.05, 3.63) is 62.9 Å². The summed E-state index contributed by atoms with van der Waals surface area (Å²) in [6, 6.07) is 6.05. The molecule has 0 spiro atoms. The number of hydrogen-bond acceptors (Lipinski definition) is 5. The van der Waals surface area contributed by atoms with Crippen LogP contribution in [0.5, 0.6) is 0 Å². The Bertz CT molecular complexity index is 1020. The lowest BCUT2D eigenvalue weighted by Gasteiger charge is -2.22. The Labute approximate surface area is 180 Å². The van der Waals surface area contributed by atoms with Gasteiger partial charge in [-0.3, -0.25) is 29.6 Å². The van der Waals surface area contributed by atoms with Crippen molar-refractivity contribution in [2.45, 2.75) is 18.6 Å². The number of likely N-dealkylation sites (tertiary alicyclic amines) is 1. The molecule has 2 N–H and O–H groups in total. The van der Waals surface area contributed by atoms with Crippen molar-refractivity contribution in [3.8, 4) is 0 Å². The molecular weight excluding hydrogens is 441 g/mol. The quantitative estimate of drug-likeness (QED) is 0.544. The van der Waals surface area contributed by atoms with E-state index in [0.717, 1.165) is 4.90 Å². The molecule has 150 valence electrons. The minimum absolute atomic E-state index is 0.0331. The zero-order valence-electron chi connectivity index (χ0n) is 14.7. The van der Waals surface area contributed by atoms with Gasteiger partial charge in [-0.05, 0) is 29.8 Å². The van der Waals surface area contributed by atoms with E-state index in [-0.39, 0.29) is 21.6 Å². The topological polar surface area (TPSA) is 99.6 Å². The van der Waals surface area contributed by atoms with E-state index in [0.29, 0.717) is 11.3 Å². The van der Waals surface area contributed by atoms with Crippen molar-refractivity contribution in [1.82, 2.24) is 15.2 Å². The molecule has 1 aromatic heterocycles. The van der Waals surface area contributed by atoms with Crippen molar-refractivity contribution in [2.75, 3.05) is 0 Å². The number of fused-ring (bicyclic) bond motifs is 1. The second kappa shape index (κ2) is 7.57. The molecule has 2 fully saturated rings. The first-order valence-electron chi connectivity index (χ1n) is 8.68. The number of carboxylic acids is 1. The predicted molar refractivity (Wildman–Crippen MR) is 106 cm³/mol. The summed E-state index contributed by atoms with van der Waals surface area (Å²) >= 11 is 18.5. The van der Waals surface area contributed by atoms with Gasteiger partial charge >= 0.3 is 5.97 Å². The average Bonchev–Trinajstić information content (AvgIpc) is 3.18. The van der Waals surface area contributed by atoms with Crippen LogP contribution in [-0.2, 0) is 20.9 Å². The third-order valence-corrected chi connectivity index (χ3v) is 6.27. The second-order valence-electron chi connectivity index (χ2n) is 6.89. The Hall–Kier alpha value is -2.19. The number of nitrogens with one attached hydrogen (secondary N) is 1. The molecule has 2 amide bonds. The zero-order valence-corrected chi connectivity index (χ0v) is 16.9. The number of imide groups is 1. The summed E-state index contributed by atoms with van der Waals surface area (Å²) in [5, 5.41) is 13.1. The number of hydrogen-bond donors (Lipinski definition) is 2. The molecule has 4 rings (SSSR count). The molecule has 4 atom stereocenters. The molecule has 2 aromatic rings. The van der Waals surface area contributed by atoms with Crippen LogP contribution in [0.4, 0.5) is 0 Å². The Morgan fingerprint density at radius 1 is 1.14 bits per heavy atom. The fraction of sp³-hybridized carbons (Fsp3) is 0.263. The fourth-order valence-electron chi connectivity index (χ4n) is 4.00. The Morgan fingerprint density at radius 3 is 2.52 bits per heavy atom. The molecule has 0 saturated carbocycles. The van der Waals surface area contributed by atoms with E-state index in [1.807, 2.05) is 0 Å². The highest BCUT2D eigenvalue weighted by molar-refractivity contribution is 6.43. The average molecular weight is 455 g/mol. The first kappa shape index (κ1) is 20.1. The zero-order chi connectivity index (χ0) is 20.9. The second-order valence-corrected chi connectivity index (χ2v) is 8.11. The van der Waals surface area contributed by atoms with Gasteiger partial charge in [0.15, 0.2) is 0 Å². The van der Waals surface area contributed by atoms with Crippen LogP contribution in [0, 0.1) is 11.8 Å². The number of carbonyl (C=O) groups is 3. The Morgan fingerprint density at radius 2 is 1.86 bits per heavy atom. The summed E-state index contributed by atoms with van der Waals surface area (Å²) in [7, 11) is 0. The van der Waals surface area contributed by atoms with Crippen molar-refractivity contribution in [2.24, 2.45) is 11.8 Å². The minimum atomic E-state index is -1.25. The van der Waals surface area contributed by atoms with Crippen molar-refractivity contribution in [3.63, 3.8) is 0 Å². The maximum atomic E-state index is 13.2. The monoisotopic (exact) mass is 453 g/mol. The highest BCUT2D eigenvalue weighted by Crippen LogP contribution is 2.47. The molecule has 1 aromatic carbocycles. The van der Waals surface area contributed by atoms with Gasteiger partial charge in [-0.15, -0.1) is 0 Å². The van der Waals surface area contributed by atoms with E-state index >= 15 is 0 Å². The number of aliphatic carboxylic acids is 1. The van der Waals surface area contributed by atoms with Crippen LogP contribution >= 0.6 is 34.8 Å². The van der Waals surface area contributed by atoms with Gasteiger partial charge in [-0.2, -0.15) is 0 Å². The first-order valence-corrected chi connectivity index (χ1v) is 9.81. The number of carboxylic acid groups (broad SMARTS) is 1. The van der Waals surface area contributed by atoms with Gasteiger partial charge in [-0.1, -0.05) is 40.9 Å². The Balaban J connectivity index is 1.75. The van der Waals surface area contributed by atoms with Gasteiger partial charge in [0.2, 0.25) is 11.8 Å². The van der Waals surface area contributed by atoms with Gasteiger partial charge in [0, 0.05) is 17.3 Å². The summed E-state index contributed by atoms with van der Waals surface area (Å²) in [5.41, 5.74) is 0.901. The maximum absolute atomic E-state index is 13.2. The highest BCUT2D eigenvalue weighted by Gasteiger charge is 2.61. The lowest BCUT2D eigenvalue weighted by atomic mass is 9.86. The molecular formula is C19H14Cl3N3O4. The molecule has 7 nitrogen and oxygen atoms in total. The molecule has 0 aliphatic carbocycles. The van der Waals surface area contributed by atoms with Crippen LogP contribution in [0.2, 0.25) is 15.1 Å². The molecule has 0 radical (unpaired) electrons. The summed E-state index contributed by atoms with van der Waals surface area (Å²) < 4.78 is 0. The third kappa shape index (κ3) is 3.38. The van der Waals surface area contributed by atoms with Crippen molar-refractivity contribution in [1.29, 1.82) is 0 Å². The lowest BCUT2D eigenvalue weighted by Crippen LogP contribution is -2.43. The summed E-state index contributed by atoms with van der Waals surface area (Å²) in [5.74, 6) is -4.29. The number of benzene rings is 1. The van der Waals surface area contributed by atoms with Gasteiger partial charge < -0.3 is 5.11 Å². The SMILES string of the molecule is O=C(O)C1NC(c2cc(Cl)cc(Cl)c2Cl)C2C(=O)N(Cc3ccccn3)C(=O)C12. The van der Waals surface area contributed by atoms with Crippen molar-refractivity contribution >= 4 is 52.6 Å². The van der Waals surface area contributed by atoms with Crippen LogP contribution < -0.4 is 5.32 Å². The molecule has 4 unspecified atom stereocenters. The first-order chi connectivity index (χ1) is 13.8. The number of halogens is 3. The molecule has 10 heteroatoms. The van der Waals surface area contributed by atoms with E-state index in [4.69, 9.17) is 34.8 Å². The van der Waals surface area contributed by atoms with E-state index < -0.39 is 41.7 Å². The number of rotatable bonds is 4. The number of carbonyl (C=O) groups excluding carboxylic acids is 2. The summed E-state index contributed by atoms with van der Waals surface area (Å²) in [4.78, 5) is 43.2. The summed E-state index contributed by atoms with van der Waals surface area (Å²) in [6.45, 7) is -0.0331. The standard InChI is InChI=1S/C19H14Cl3N3O4/c20-8-5-10(14(22)11(21)6-8)15-12-13(16(24-15)19(28)29)18(27)25(17(12)26)7-9-3-1-2-4-23-9/h1-6,12-13,15-16,24H,7H2,(H,28,29). The molecule has 0 bridgehead atoms. The molecule has 2 aliphatic heterocycles. The smallest absolute Gasteiger partial charge is 0.321 e.